The zero-order chi connectivity index (χ0) is 19.5. The van der Waals surface area contributed by atoms with Gasteiger partial charge in [0, 0.05) is 17.6 Å². The van der Waals surface area contributed by atoms with Crippen LogP contribution in [-0.4, -0.2) is 46.8 Å². The minimum atomic E-state index is -1.40. The summed E-state index contributed by atoms with van der Waals surface area (Å²) in [6, 6.07) is 0. The molecule has 2 aliphatic carbocycles. The third kappa shape index (κ3) is 1.67. The van der Waals surface area contributed by atoms with Crippen LogP contribution in [-0.2, 0) is 23.8 Å². The van der Waals surface area contributed by atoms with Crippen molar-refractivity contribution in [2.75, 3.05) is 0 Å². The highest BCUT2D eigenvalue weighted by Gasteiger charge is 2.84. The Labute approximate surface area is 157 Å². The molecule has 0 aromatic rings. The molecule has 0 bridgehead atoms. The molecule has 0 aromatic carbocycles. The normalized spacial score (nSPS) is 47.6. The largest absolute Gasteiger partial charge is 0.458 e. The molecule has 5 aliphatic rings. The third-order valence-electron chi connectivity index (χ3n) is 7.51. The van der Waals surface area contributed by atoms with Gasteiger partial charge >= 0.3 is 11.9 Å². The number of fused-ring (bicyclic) bond motifs is 1. The van der Waals surface area contributed by atoms with Crippen LogP contribution in [0.4, 0.5) is 0 Å². The zero-order valence-electron chi connectivity index (χ0n) is 15.8. The third-order valence-corrected chi connectivity index (χ3v) is 7.51. The van der Waals surface area contributed by atoms with E-state index < -0.39 is 41.4 Å². The molecule has 3 aliphatic heterocycles. The fraction of sp³-hybridized carbons (Fsp3) is 0.700. The number of hydrogen-bond donors (Lipinski definition) is 2. The van der Waals surface area contributed by atoms with Crippen molar-refractivity contribution in [3.8, 4) is 0 Å². The number of carbonyl (C=O) groups excluding carboxylic acids is 2. The van der Waals surface area contributed by atoms with Gasteiger partial charge in [0.15, 0.2) is 6.10 Å². The van der Waals surface area contributed by atoms with E-state index in [9.17, 15) is 19.8 Å². The highest BCUT2D eigenvalue weighted by molar-refractivity contribution is 5.92. The van der Waals surface area contributed by atoms with Crippen LogP contribution in [0, 0.1) is 22.2 Å². The number of hydrogen-bond acceptors (Lipinski definition) is 7. The van der Waals surface area contributed by atoms with Crippen LogP contribution >= 0.6 is 0 Å². The summed E-state index contributed by atoms with van der Waals surface area (Å²) in [5.41, 5.74) is -1.19. The van der Waals surface area contributed by atoms with Crippen molar-refractivity contribution in [3.63, 3.8) is 0 Å². The van der Waals surface area contributed by atoms with Gasteiger partial charge in [-0.15, -0.1) is 0 Å². The number of ether oxygens (including phenoxy) is 3. The maximum absolute atomic E-state index is 12.4. The standard InChI is InChI=1S/C20H24O7/c1-8-9-5-13-19(7-10(9)25-15(8)23)12(21)6-11(18(2,3)4)20(19)14(22)16(24)27-17(20)26-13/h5,10-12,14,17,21-22H,6-7H2,1-4H3/t10-,11-,12-,14-,17+,19-,20-/m0/s1. The molecule has 5 rings (SSSR count). The second kappa shape index (κ2) is 4.75. The Kier molecular flexibility index (Phi) is 3.04. The highest BCUT2D eigenvalue weighted by Crippen LogP contribution is 2.76. The Morgan fingerprint density at radius 3 is 2.52 bits per heavy atom. The molecule has 0 aromatic heterocycles. The topological polar surface area (TPSA) is 102 Å². The van der Waals surface area contributed by atoms with Crippen LogP contribution in [0.2, 0.25) is 0 Å². The summed E-state index contributed by atoms with van der Waals surface area (Å²) in [5, 5.41) is 22.3. The van der Waals surface area contributed by atoms with Crippen molar-refractivity contribution in [3.05, 3.63) is 23.0 Å². The van der Waals surface area contributed by atoms with E-state index in [1.165, 1.54) is 0 Å². The second-order valence-electron chi connectivity index (χ2n) is 9.55. The van der Waals surface area contributed by atoms with Gasteiger partial charge in [0.2, 0.25) is 0 Å². The van der Waals surface area contributed by atoms with E-state index in [4.69, 9.17) is 14.2 Å². The second-order valence-corrected chi connectivity index (χ2v) is 9.55. The molecule has 27 heavy (non-hydrogen) atoms. The first-order valence-corrected chi connectivity index (χ1v) is 9.42. The summed E-state index contributed by atoms with van der Waals surface area (Å²) in [7, 11) is 0. The van der Waals surface area contributed by atoms with Crippen molar-refractivity contribution in [1.82, 2.24) is 0 Å². The molecule has 2 spiro atoms. The Bertz CT molecular complexity index is 834. The lowest BCUT2D eigenvalue weighted by Crippen LogP contribution is -2.56. The first-order chi connectivity index (χ1) is 12.5. The SMILES string of the molecule is CC1=C2C=C3O[C@@H]4OC(=O)[C@H](O)[C@@]45[C@H](C(C)(C)C)C[C@H](O)[C@@]35C[C@@H]2OC1=O. The van der Waals surface area contributed by atoms with E-state index in [1.807, 2.05) is 20.8 Å². The molecule has 2 N–H and O–H groups in total. The van der Waals surface area contributed by atoms with E-state index in [-0.39, 0.29) is 23.7 Å². The van der Waals surface area contributed by atoms with Crippen LogP contribution in [0.1, 0.15) is 40.5 Å². The molecule has 2 saturated heterocycles. The molecule has 3 fully saturated rings. The molecule has 0 radical (unpaired) electrons. The number of rotatable bonds is 0. The first-order valence-electron chi connectivity index (χ1n) is 9.42. The van der Waals surface area contributed by atoms with Crippen molar-refractivity contribution in [2.45, 2.75) is 65.1 Å². The Morgan fingerprint density at radius 2 is 1.85 bits per heavy atom. The van der Waals surface area contributed by atoms with Gasteiger partial charge in [0.25, 0.3) is 6.29 Å². The first kappa shape index (κ1) is 17.3. The van der Waals surface area contributed by atoms with Gasteiger partial charge in [-0.1, -0.05) is 20.8 Å². The lowest BCUT2D eigenvalue weighted by molar-refractivity contribution is -0.161. The number of aliphatic hydroxyl groups excluding tert-OH is 2. The average molecular weight is 376 g/mol. The number of carbonyl (C=O) groups is 2. The number of esters is 2. The van der Waals surface area contributed by atoms with Gasteiger partial charge < -0.3 is 24.4 Å². The van der Waals surface area contributed by atoms with Crippen molar-refractivity contribution in [2.24, 2.45) is 22.2 Å². The molecule has 0 unspecified atom stereocenters. The smallest absolute Gasteiger partial charge is 0.339 e. The molecular formula is C20H24O7. The van der Waals surface area contributed by atoms with Crippen LogP contribution in [0.15, 0.2) is 23.0 Å². The summed E-state index contributed by atoms with van der Waals surface area (Å²) in [6.45, 7) is 7.79. The van der Waals surface area contributed by atoms with Crippen LogP contribution < -0.4 is 0 Å². The van der Waals surface area contributed by atoms with Gasteiger partial charge in [-0.05, 0) is 30.8 Å². The van der Waals surface area contributed by atoms with E-state index in [0.29, 0.717) is 17.8 Å². The lowest BCUT2D eigenvalue weighted by atomic mass is 9.52. The molecule has 146 valence electrons. The van der Waals surface area contributed by atoms with E-state index >= 15 is 0 Å². The van der Waals surface area contributed by atoms with Crippen molar-refractivity contribution >= 4 is 11.9 Å². The molecule has 3 heterocycles. The predicted octanol–water partition coefficient (Wildman–Crippen LogP) is 1.19. The monoisotopic (exact) mass is 376 g/mol. The van der Waals surface area contributed by atoms with Gasteiger partial charge in [-0.3, -0.25) is 0 Å². The van der Waals surface area contributed by atoms with Crippen molar-refractivity contribution < 1.29 is 34.0 Å². The van der Waals surface area contributed by atoms with Crippen LogP contribution in [0.3, 0.4) is 0 Å². The molecule has 7 atom stereocenters. The maximum atomic E-state index is 12.4. The summed E-state index contributed by atoms with van der Waals surface area (Å²) in [4.78, 5) is 24.4. The van der Waals surface area contributed by atoms with Gasteiger partial charge in [0.05, 0.1) is 16.9 Å². The molecular weight excluding hydrogens is 352 g/mol. The molecule has 7 heteroatoms. The Balaban J connectivity index is 1.77. The predicted molar refractivity (Wildman–Crippen MR) is 90.7 cm³/mol. The molecule has 7 nitrogen and oxygen atoms in total. The highest BCUT2D eigenvalue weighted by atomic mass is 16.7. The summed E-state index contributed by atoms with van der Waals surface area (Å²) >= 11 is 0. The lowest BCUT2D eigenvalue weighted by Gasteiger charge is -2.47. The van der Waals surface area contributed by atoms with E-state index in [2.05, 4.69) is 0 Å². The van der Waals surface area contributed by atoms with E-state index in [1.54, 1.807) is 13.0 Å². The fourth-order valence-electron chi connectivity index (χ4n) is 6.41. The Morgan fingerprint density at radius 1 is 1.15 bits per heavy atom. The average Bonchev–Trinajstić information content (AvgIpc) is 3.18. The summed E-state index contributed by atoms with van der Waals surface area (Å²) in [5.74, 6) is -0.834. The van der Waals surface area contributed by atoms with Crippen LogP contribution in [0.25, 0.3) is 0 Å². The minimum absolute atomic E-state index is 0.221. The van der Waals surface area contributed by atoms with E-state index in [0.717, 1.165) is 5.57 Å². The van der Waals surface area contributed by atoms with Crippen LogP contribution in [0.5, 0.6) is 0 Å². The Hall–Kier alpha value is -1.86. The molecule has 1 saturated carbocycles. The minimum Gasteiger partial charge on any atom is -0.458 e. The van der Waals surface area contributed by atoms with Gasteiger partial charge in [-0.25, -0.2) is 9.59 Å². The summed E-state index contributed by atoms with van der Waals surface area (Å²) in [6.07, 6.45) is -1.28. The van der Waals surface area contributed by atoms with Gasteiger partial charge in [0.1, 0.15) is 11.9 Å². The quantitative estimate of drug-likeness (QED) is 0.612. The van der Waals surface area contributed by atoms with Gasteiger partial charge in [-0.2, -0.15) is 0 Å². The maximum Gasteiger partial charge on any atom is 0.339 e. The molecule has 0 amide bonds. The zero-order valence-corrected chi connectivity index (χ0v) is 15.8. The summed E-state index contributed by atoms with van der Waals surface area (Å²) < 4.78 is 17.0. The fourth-order valence-corrected chi connectivity index (χ4v) is 6.41. The number of aliphatic hydroxyl groups is 2. The van der Waals surface area contributed by atoms with Crippen molar-refractivity contribution in [1.29, 1.82) is 0 Å².